The van der Waals surface area contributed by atoms with E-state index in [-0.39, 0.29) is 23.1 Å². The lowest BCUT2D eigenvalue weighted by Crippen LogP contribution is -2.34. The van der Waals surface area contributed by atoms with Gasteiger partial charge in [0, 0.05) is 13.2 Å². The van der Waals surface area contributed by atoms with Crippen LogP contribution in [0.25, 0.3) is 0 Å². The molecule has 25 heavy (non-hydrogen) atoms. The van der Waals surface area contributed by atoms with Gasteiger partial charge >= 0.3 is 5.97 Å². The molecule has 9 nitrogen and oxygen atoms in total. The summed E-state index contributed by atoms with van der Waals surface area (Å²) in [5.41, 5.74) is -0.856. The molecule has 0 saturated heterocycles. The van der Waals surface area contributed by atoms with Gasteiger partial charge in [-0.2, -0.15) is 0 Å². The highest BCUT2D eigenvalue weighted by molar-refractivity contribution is 7.89. The van der Waals surface area contributed by atoms with E-state index >= 15 is 0 Å². The van der Waals surface area contributed by atoms with Crippen molar-refractivity contribution in [1.29, 1.82) is 0 Å². The largest absolute Gasteiger partial charge is 0.507 e. The smallest absolute Gasteiger partial charge is 0.335 e. The van der Waals surface area contributed by atoms with Crippen molar-refractivity contribution < 1.29 is 33.0 Å². The Kier molecular flexibility index (Phi) is 4.84. The molecule has 2 rings (SSSR count). The minimum Gasteiger partial charge on any atom is -0.507 e. The molecule has 1 heterocycles. The highest BCUT2D eigenvalue weighted by atomic mass is 32.2. The van der Waals surface area contributed by atoms with E-state index in [0.29, 0.717) is 4.31 Å². The number of pyridine rings is 1. The van der Waals surface area contributed by atoms with Crippen LogP contribution < -0.4 is 0 Å². The number of phenols is 1. The third kappa shape index (κ3) is 3.48. The number of phenolic OH excluding ortho intramolecular Hbond substituents is 1. The van der Waals surface area contributed by atoms with Gasteiger partial charge in [0.2, 0.25) is 0 Å². The first-order valence-electron chi connectivity index (χ1n) is 6.69. The molecular weight excluding hydrogens is 352 g/mol. The van der Waals surface area contributed by atoms with Gasteiger partial charge in [0.1, 0.15) is 11.4 Å². The molecule has 1 aromatic carbocycles. The first-order valence-corrected chi connectivity index (χ1v) is 8.13. The highest BCUT2D eigenvalue weighted by Crippen LogP contribution is 2.22. The molecule has 0 radical (unpaired) electrons. The molecule has 0 aliphatic rings. The molecule has 0 fully saturated rings. The lowest BCUT2D eigenvalue weighted by Gasteiger charge is -2.17. The van der Waals surface area contributed by atoms with Gasteiger partial charge in [-0.05, 0) is 30.3 Å². The second kappa shape index (κ2) is 6.69. The van der Waals surface area contributed by atoms with Crippen molar-refractivity contribution >= 4 is 28.2 Å². The molecule has 1 amide bonds. The number of carboxylic acids is 1. The molecule has 0 bridgehead atoms. The van der Waals surface area contributed by atoms with Crippen LogP contribution >= 0.6 is 0 Å². The van der Waals surface area contributed by atoms with Crippen LogP contribution in [0.15, 0.2) is 41.4 Å². The summed E-state index contributed by atoms with van der Waals surface area (Å²) in [7, 11) is -3.37. The minimum atomic E-state index is -4.34. The highest BCUT2D eigenvalue weighted by Gasteiger charge is 2.28. The molecule has 2 N–H and O–H groups in total. The van der Waals surface area contributed by atoms with Gasteiger partial charge in [-0.1, -0.05) is 0 Å². The molecule has 0 unspecified atom stereocenters. The Bertz CT molecular complexity index is 970. The zero-order chi connectivity index (χ0) is 18.8. The Labute approximate surface area is 142 Å². The van der Waals surface area contributed by atoms with Crippen molar-refractivity contribution in [3.8, 4) is 5.75 Å². The Morgan fingerprint density at radius 1 is 1.20 bits per heavy atom. The number of rotatable bonds is 5. The van der Waals surface area contributed by atoms with Crippen LogP contribution in [0.2, 0.25) is 0 Å². The summed E-state index contributed by atoms with van der Waals surface area (Å²) in [5, 5.41) is 18.4. The number of aromatic carboxylic acids is 1. The number of amides is 1. The fraction of sp³-hybridized carbons (Fsp3) is 0.0667. The molecule has 1 aromatic heterocycles. The monoisotopic (exact) mass is 364 g/mol. The summed E-state index contributed by atoms with van der Waals surface area (Å²) in [4.78, 5) is 37.4. The third-order valence-corrected chi connectivity index (χ3v) is 5.03. The quantitative estimate of drug-likeness (QED) is 0.740. The van der Waals surface area contributed by atoms with Crippen LogP contribution in [-0.4, -0.2) is 53.1 Å². The summed E-state index contributed by atoms with van der Waals surface area (Å²) >= 11 is 0. The van der Waals surface area contributed by atoms with Gasteiger partial charge in [-0.15, -0.1) is 0 Å². The standard InChI is InChI=1S/C15H12N2O7S/c1-17(14(20)12-7-9(15(21)22)4-5-16-12)25(23,24)11-2-3-13(19)10(6-11)8-18/h2-8,19H,1H3,(H,21,22). The number of aromatic hydroxyl groups is 1. The molecule has 0 aliphatic carbocycles. The number of sulfonamides is 1. The average molecular weight is 364 g/mol. The number of carbonyl (C=O) groups is 3. The summed E-state index contributed by atoms with van der Waals surface area (Å²) in [6, 6.07) is 5.07. The Balaban J connectivity index is 2.43. The summed E-state index contributed by atoms with van der Waals surface area (Å²) < 4.78 is 25.4. The molecule has 0 aliphatic heterocycles. The molecule has 0 atom stereocenters. The number of hydrogen-bond donors (Lipinski definition) is 2. The van der Waals surface area contributed by atoms with E-state index in [1.165, 1.54) is 0 Å². The number of carbonyl (C=O) groups excluding carboxylic acids is 2. The number of aldehydes is 1. The number of carboxylic acid groups (broad SMARTS) is 1. The Morgan fingerprint density at radius 3 is 2.48 bits per heavy atom. The van der Waals surface area contributed by atoms with Crippen molar-refractivity contribution in [2.75, 3.05) is 7.05 Å². The van der Waals surface area contributed by atoms with Crippen molar-refractivity contribution in [2.45, 2.75) is 4.90 Å². The van der Waals surface area contributed by atoms with E-state index in [1.807, 2.05) is 0 Å². The van der Waals surface area contributed by atoms with Gasteiger partial charge in [0.05, 0.1) is 16.0 Å². The summed E-state index contributed by atoms with van der Waals surface area (Å²) in [5.74, 6) is -2.75. The zero-order valence-corrected chi connectivity index (χ0v) is 13.6. The van der Waals surface area contributed by atoms with Crippen LogP contribution in [0.1, 0.15) is 31.2 Å². The van der Waals surface area contributed by atoms with E-state index in [1.54, 1.807) is 0 Å². The fourth-order valence-electron chi connectivity index (χ4n) is 1.90. The topological polar surface area (TPSA) is 142 Å². The Morgan fingerprint density at radius 2 is 1.88 bits per heavy atom. The predicted octanol–water partition coefficient (Wildman–Crippen LogP) is 0.759. The molecule has 130 valence electrons. The predicted molar refractivity (Wildman–Crippen MR) is 84.0 cm³/mol. The average Bonchev–Trinajstić information content (AvgIpc) is 2.60. The van der Waals surface area contributed by atoms with Crippen LogP contribution in [0.4, 0.5) is 0 Å². The maximum absolute atomic E-state index is 12.5. The lowest BCUT2D eigenvalue weighted by atomic mass is 10.2. The van der Waals surface area contributed by atoms with Crippen molar-refractivity contribution in [3.63, 3.8) is 0 Å². The normalized spacial score (nSPS) is 10.9. The summed E-state index contributed by atoms with van der Waals surface area (Å²) in [6.45, 7) is 0. The minimum absolute atomic E-state index is 0.225. The second-order valence-electron chi connectivity index (χ2n) is 4.85. The number of aromatic nitrogens is 1. The van der Waals surface area contributed by atoms with Crippen LogP contribution in [0.3, 0.4) is 0 Å². The van der Waals surface area contributed by atoms with Gasteiger partial charge in [0.25, 0.3) is 15.9 Å². The van der Waals surface area contributed by atoms with Gasteiger partial charge in [-0.3, -0.25) is 14.6 Å². The number of benzene rings is 1. The summed E-state index contributed by atoms with van der Waals surface area (Å²) in [6.07, 6.45) is 1.34. The van der Waals surface area contributed by atoms with E-state index in [4.69, 9.17) is 5.11 Å². The molecule has 0 spiro atoms. The maximum Gasteiger partial charge on any atom is 0.335 e. The van der Waals surface area contributed by atoms with Crippen LogP contribution in [-0.2, 0) is 10.0 Å². The zero-order valence-electron chi connectivity index (χ0n) is 12.8. The van der Waals surface area contributed by atoms with E-state index < -0.39 is 32.5 Å². The van der Waals surface area contributed by atoms with Gasteiger partial charge in [0.15, 0.2) is 6.29 Å². The molecular formula is C15H12N2O7S. The number of nitrogens with zero attached hydrogens (tertiary/aromatic N) is 2. The first kappa shape index (κ1) is 18.1. The SMILES string of the molecule is CN(C(=O)c1cc(C(=O)O)ccn1)S(=O)(=O)c1ccc(O)c(C=O)c1. The first-order chi connectivity index (χ1) is 11.7. The Hall–Kier alpha value is -3.27. The molecule has 2 aromatic rings. The third-order valence-electron chi connectivity index (χ3n) is 3.30. The van der Waals surface area contributed by atoms with Crippen molar-refractivity contribution in [2.24, 2.45) is 0 Å². The van der Waals surface area contributed by atoms with Gasteiger partial charge < -0.3 is 10.2 Å². The second-order valence-corrected chi connectivity index (χ2v) is 6.82. The van der Waals surface area contributed by atoms with Crippen molar-refractivity contribution in [3.05, 3.63) is 53.3 Å². The number of hydrogen-bond acceptors (Lipinski definition) is 7. The van der Waals surface area contributed by atoms with E-state index in [9.17, 15) is 27.9 Å². The maximum atomic E-state index is 12.5. The van der Waals surface area contributed by atoms with E-state index in [2.05, 4.69) is 4.98 Å². The molecule has 10 heteroatoms. The lowest BCUT2D eigenvalue weighted by molar-refractivity contribution is 0.0696. The van der Waals surface area contributed by atoms with Crippen molar-refractivity contribution in [1.82, 2.24) is 9.29 Å². The molecule has 0 saturated carbocycles. The van der Waals surface area contributed by atoms with Gasteiger partial charge in [-0.25, -0.2) is 17.5 Å². The van der Waals surface area contributed by atoms with Crippen LogP contribution in [0, 0.1) is 0 Å². The van der Waals surface area contributed by atoms with E-state index in [0.717, 1.165) is 43.6 Å². The fourth-order valence-corrected chi connectivity index (χ4v) is 3.04. The van der Waals surface area contributed by atoms with Crippen LogP contribution in [0.5, 0.6) is 5.75 Å².